The van der Waals surface area contributed by atoms with Gasteiger partial charge in [0, 0.05) is 25.5 Å². The molecule has 0 saturated carbocycles. The largest absolute Gasteiger partial charge is 0.416 e. The van der Waals surface area contributed by atoms with Crippen LogP contribution in [0.2, 0.25) is 0 Å². The molecule has 0 saturated heterocycles. The minimum absolute atomic E-state index is 0.334. The Morgan fingerprint density at radius 3 is 2.52 bits per heavy atom. The molecule has 2 aromatic rings. The number of benzene rings is 1. The summed E-state index contributed by atoms with van der Waals surface area (Å²) in [5.74, 6) is 0. The molecule has 0 aliphatic carbocycles. The average Bonchev–Trinajstić information content (AvgIpc) is 2.91. The highest BCUT2D eigenvalue weighted by Crippen LogP contribution is 2.28. The summed E-state index contributed by atoms with van der Waals surface area (Å²) in [4.78, 5) is 0. The molecule has 1 heterocycles. The van der Waals surface area contributed by atoms with Crippen LogP contribution in [-0.4, -0.2) is 27.5 Å². The molecule has 21 heavy (non-hydrogen) atoms. The molecule has 0 fully saturated rings. The van der Waals surface area contributed by atoms with Crippen molar-refractivity contribution in [3.63, 3.8) is 0 Å². The number of aromatic nitrogens is 2. The zero-order chi connectivity index (χ0) is 15.3. The predicted octanol–water partition coefficient (Wildman–Crippen LogP) is 2.05. The van der Waals surface area contributed by atoms with Gasteiger partial charge in [-0.3, -0.25) is 4.68 Å². The molecule has 4 nitrogen and oxygen atoms in total. The van der Waals surface area contributed by atoms with Crippen LogP contribution in [-0.2, 0) is 19.3 Å². The Bertz CT molecular complexity index is 538. The molecule has 2 rings (SSSR count). The number of nitrogens with one attached hydrogen (secondary N) is 1. The van der Waals surface area contributed by atoms with Crippen molar-refractivity contribution in [2.24, 2.45) is 0 Å². The van der Waals surface area contributed by atoms with Crippen LogP contribution in [0.1, 0.15) is 11.1 Å². The third-order valence-corrected chi connectivity index (χ3v) is 2.95. The predicted molar refractivity (Wildman–Crippen MR) is 71.4 cm³/mol. The van der Waals surface area contributed by atoms with Crippen LogP contribution in [0.15, 0.2) is 42.7 Å². The molecule has 1 aromatic heterocycles. The minimum Gasteiger partial charge on any atom is -0.390 e. The van der Waals surface area contributed by atoms with Crippen LogP contribution in [0.25, 0.3) is 0 Å². The van der Waals surface area contributed by atoms with E-state index in [0.717, 1.165) is 17.7 Å². The molecular formula is C14H16F3N3O. The van der Waals surface area contributed by atoms with Crippen molar-refractivity contribution in [2.75, 3.05) is 6.54 Å². The van der Waals surface area contributed by atoms with E-state index >= 15 is 0 Å². The molecule has 0 radical (unpaired) electrons. The van der Waals surface area contributed by atoms with Gasteiger partial charge in [0.1, 0.15) is 0 Å². The summed E-state index contributed by atoms with van der Waals surface area (Å²) in [6.45, 7) is 1.10. The SMILES string of the molecule is OC(CNCc1ccc(C(F)(F)F)cc1)Cn1cccn1. The van der Waals surface area contributed by atoms with Gasteiger partial charge in [0.05, 0.1) is 18.2 Å². The number of rotatable bonds is 6. The van der Waals surface area contributed by atoms with Crippen molar-refractivity contribution in [1.82, 2.24) is 15.1 Å². The van der Waals surface area contributed by atoms with Crippen molar-refractivity contribution in [3.05, 3.63) is 53.9 Å². The summed E-state index contributed by atoms with van der Waals surface area (Å²) >= 11 is 0. The molecule has 0 aliphatic rings. The maximum absolute atomic E-state index is 12.4. The first-order chi connectivity index (χ1) is 9.95. The van der Waals surface area contributed by atoms with Crippen LogP contribution >= 0.6 is 0 Å². The van der Waals surface area contributed by atoms with E-state index in [1.165, 1.54) is 12.1 Å². The Labute approximate surface area is 120 Å². The topological polar surface area (TPSA) is 50.1 Å². The number of alkyl halides is 3. The first-order valence-corrected chi connectivity index (χ1v) is 6.47. The lowest BCUT2D eigenvalue weighted by molar-refractivity contribution is -0.137. The summed E-state index contributed by atoms with van der Waals surface area (Å²) in [5.41, 5.74) is 0.0688. The van der Waals surface area contributed by atoms with E-state index in [0.29, 0.717) is 19.6 Å². The van der Waals surface area contributed by atoms with E-state index in [9.17, 15) is 18.3 Å². The van der Waals surface area contributed by atoms with E-state index in [1.807, 2.05) is 0 Å². The van der Waals surface area contributed by atoms with Gasteiger partial charge in [-0.1, -0.05) is 12.1 Å². The highest BCUT2D eigenvalue weighted by atomic mass is 19.4. The molecule has 0 bridgehead atoms. The third kappa shape index (κ3) is 4.87. The lowest BCUT2D eigenvalue weighted by Gasteiger charge is -2.12. The zero-order valence-electron chi connectivity index (χ0n) is 11.2. The van der Waals surface area contributed by atoms with Crippen LogP contribution < -0.4 is 5.32 Å². The van der Waals surface area contributed by atoms with Gasteiger partial charge in [-0.25, -0.2) is 0 Å². The van der Waals surface area contributed by atoms with Gasteiger partial charge in [-0.2, -0.15) is 18.3 Å². The summed E-state index contributed by atoms with van der Waals surface area (Å²) in [5, 5.41) is 16.8. The summed E-state index contributed by atoms with van der Waals surface area (Å²) < 4.78 is 38.8. The van der Waals surface area contributed by atoms with Crippen LogP contribution in [0.5, 0.6) is 0 Å². The van der Waals surface area contributed by atoms with E-state index in [-0.39, 0.29) is 0 Å². The Morgan fingerprint density at radius 1 is 1.24 bits per heavy atom. The van der Waals surface area contributed by atoms with Crippen molar-refractivity contribution in [1.29, 1.82) is 0 Å². The standard InChI is InChI=1S/C14H16F3N3O/c15-14(16,17)12-4-2-11(3-5-12)8-18-9-13(21)10-20-7-1-6-19-20/h1-7,13,18,21H,8-10H2. The van der Waals surface area contributed by atoms with Gasteiger partial charge in [-0.05, 0) is 23.8 Å². The molecule has 2 N–H and O–H groups in total. The second-order valence-electron chi connectivity index (χ2n) is 4.71. The zero-order valence-corrected chi connectivity index (χ0v) is 11.2. The highest BCUT2D eigenvalue weighted by Gasteiger charge is 2.29. The van der Waals surface area contributed by atoms with Crippen molar-refractivity contribution >= 4 is 0 Å². The lowest BCUT2D eigenvalue weighted by Crippen LogP contribution is -2.30. The normalized spacial score (nSPS) is 13.3. The fourth-order valence-electron chi connectivity index (χ4n) is 1.88. The maximum atomic E-state index is 12.4. The van der Waals surface area contributed by atoms with Gasteiger partial charge in [-0.15, -0.1) is 0 Å². The lowest BCUT2D eigenvalue weighted by atomic mass is 10.1. The monoisotopic (exact) mass is 299 g/mol. The van der Waals surface area contributed by atoms with E-state index < -0.39 is 17.8 Å². The molecule has 1 atom stereocenters. The van der Waals surface area contributed by atoms with Crippen LogP contribution in [0.4, 0.5) is 13.2 Å². The third-order valence-electron chi connectivity index (χ3n) is 2.95. The maximum Gasteiger partial charge on any atom is 0.416 e. The van der Waals surface area contributed by atoms with Gasteiger partial charge < -0.3 is 10.4 Å². The fraction of sp³-hybridized carbons (Fsp3) is 0.357. The molecule has 114 valence electrons. The highest BCUT2D eigenvalue weighted by molar-refractivity contribution is 5.24. The van der Waals surface area contributed by atoms with E-state index in [2.05, 4.69) is 10.4 Å². The summed E-state index contributed by atoms with van der Waals surface area (Å²) in [7, 11) is 0. The summed E-state index contributed by atoms with van der Waals surface area (Å²) in [6, 6.07) is 6.72. The van der Waals surface area contributed by atoms with Crippen molar-refractivity contribution in [3.8, 4) is 0 Å². The fourth-order valence-corrected chi connectivity index (χ4v) is 1.88. The minimum atomic E-state index is -4.31. The molecule has 0 aliphatic heterocycles. The van der Waals surface area contributed by atoms with Gasteiger partial charge >= 0.3 is 6.18 Å². The van der Waals surface area contributed by atoms with Crippen molar-refractivity contribution in [2.45, 2.75) is 25.4 Å². The van der Waals surface area contributed by atoms with Crippen molar-refractivity contribution < 1.29 is 18.3 Å². The molecule has 0 spiro atoms. The Hall–Kier alpha value is -1.86. The first-order valence-electron chi connectivity index (χ1n) is 6.47. The van der Waals surface area contributed by atoms with Gasteiger partial charge in [0.15, 0.2) is 0 Å². The molecule has 0 amide bonds. The Morgan fingerprint density at radius 2 is 1.95 bits per heavy atom. The molecule has 7 heteroatoms. The molecule has 1 unspecified atom stereocenters. The number of hydrogen-bond acceptors (Lipinski definition) is 3. The molecular weight excluding hydrogens is 283 g/mol. The number of aliphatic hydroxyl groups excluding tert-OH is 1. The van der Waals surface area contributed by atoms with Gasteiger partial charge in [0.2, 0.25) is 0 Å². The second-order valence-corrected chi connectivity index (χ2v) is 4.71. The van der Waals surface area contributed by atoms with Crippen LogP contribution in [0.3, 0.4) is 0 Å². The van der Waals surface area contributed by atoms with E-state index in [1.54, 1.807) is 23.1 Å². The van der Waals surface area contributed by atoms with E-state index in [4.69, 9.17) is 0 Å². The number of aliphatic hydroxyl groups is 1. The first kappa shape index (κ1) is 15.5. The number of nitrogens with zero attached hydrogens (tertiary/aromatic N) is 2. The average molecular weight is 299 g/mol. The Kier molecular flexibility index (Phi) is 4.98. The van der Waals surface area contributed by atoms with Gasteiger partial charge in [0.25, 0.3) is 0 Å². The van der Waals surface area contributed by atoms with Crippen LogP contribution in [0, 0.1) is 0 Å². The number of halogens is 3. The Balaban J connectivity index is 1.75. The number of hydrogen-bond donors (Lipinski definition) is 2. The smallest absolute Gasteiger partial charge is 0.390 e. The molecule has 1 aromatic carbocycles. The quantitative estimate of drug-likeness (QED) is 0.858. The summed E-state index contributed by atoms with van der Waals surface area (Å²) in [6.07, 6.45) is -1.55. The second kappa shape index (κ2) is 6.73.